The van der Waals surface area contributed by atoms with Crippen molar-refractivity contribution in [3.8, 4) is 28.3 Å². The van der Waals surface area contributed by atoms with Crippen LogP contribution >= 0.6 is 0 Å². The summed E-state index contributed by atoms with van der Waals surface area (Å²) in [5.74, 6) is 0.667. The largest absolute Gasteiger partial charge is 0.508 e. The first-order valence-corrected chi connectivity index (χ1v) is 8.16. The van der Waals surface area contributed by atoms with Gasteiger partial charge in [-0.25, -0.2) is 0 Å². The molecule has 0 aliphatic rings. The van der Waals surface area contributed by atoms with Crippen molar-refractivity contribution in [2.24, 2.45) is 0 Å². The number of nitrogens with zero attached hydrogens (tertiary/aromatic N) is 2. The number of hydrogen-bond acceptors (Lipinski definition) is 5. The fourth-order valence-electron chi connectivity index (χ4n) is 2.88. The molecule has 0 aliphatic carbocycles. The Morgan fingerprint density at radius 3 is 2.31 bits per heavy atom. The first-order chi connectivity index (χ1) is 12.7. The Bertz CT molecular complexity index is 997. The minimum atomic E-state index is -0.950. The van der Waals surface area contributed by atoms with Crippen LogP contribution in [-0.2, 0) is 0 Å². The fraction of sp³-hybridized carbons (Fsp3) is 0.0476. The van der Waals surface area contributed by atoms with Gasteiger partial charge in [0.1, 0.15) is 17.5 Å². The summed E-state index contributed by atoms with van der Waals surface area (Å²) in [5.41, 5.74) is 3.30. The lowest BCUT2D eigenvalue weighted by Crippen LogP contribution is -2.02. The van der Waals surface area contributed by atoms with Gasteiger partial charge >= 0.3 is 0 Å². The highest BCUT2D eigenvalue weighted by atomic mass is 16.5. The number of aliphatic hydroxyl groups excluding tert-OH is 1. The SMILES string of the molecule is Oc1ccc(-c2noc(-c3ccccc3)c2C(O)c2cccnc2)cc1. The third kappa shape index (κ3) is 2.96. The van der Waals surface area contributed by atoms with E-state index in [1.165, 1.54) is 0 Å². The molecule has 4 rings (SSSR count). The van der Waals surface area contributed by atoms with Crippen molar-refractivity contribution in [1.82, 2.24) is 10.1 Å². The molecule has 2 heterocycles. The zero-order valence-corrected chi connectivity index (χ0v) is 13.8. The van der Waals surface area contributed by atoms with Gasteiger partial charge in [0.2, 0.25) is 0 Å². The maximum atomic E-state index is 11.0. The molecular formula is C21H16N2O3. The van der Waals surface area contributed by atoms with E-state index < -0.39 is 6.10 Å². The van der Waals surface area contributed by atoms with Gasteiger partial charge in [0.15, 0.2) is 5.76 Å². The number of rotatable bonds is 4. The summed E-state index contributed by atoms with van der Waals surface area (Å²) in [7, 11) is 0. The van der Waals surface area contributed by atoms with Gasteiger partial charge in [-0.1, -0.05) is 41.6 Å². The quantitative estimate of drug-likeness (QED) is 0.580. The Labute approximate surface area is 150 Å². The minimum absolute atomic E-state index is 0.162. The average Bonchev–Trinajstić information content (AvgIpc) is 3.14. The van der Waals surface area contributed by atoms with Crippen LogP contribution in [0.2, 0.25) is 0 Å². The van der Waals surface area contributed by atoms with E-state index in [9.17, 15) is 10.2 Å². The third-order valence-electron chi connectivity index (χ3n) is 4.18. The zero-order valence-electron chi connectivity index (χ0n) is 13.8. The topological polar surface area (TPSA) is 79.4 Å². The van der Waals surface area contributed by atoms with Gasteiger partial charge in [0, 0.05) is 29.1 Å². The Hall–Kier alpha value is -3.44. The lowest BCUT2D eigenvalue weighted by atomic mass is 9.95. The van der Waals surface area contributed by atoms with Gasteiger partial charge in [0.05, 0.1) is 5.56 Å². The first kappa shape index (κ1) is 16.1. The van der Waals surface area contributed by atoms with E-state index in [1.807, 2.05) is 30.3 Å². The van der Waals surface area contributed by atoms with Gasteiger partial charge < -0.3 is 14.7 Å². The molecule has 1 atom stereocenters. The molecule has 5 nitrogen and oxygen atoms in total. The molecule has 0 bridgehead atoms. The second kappa shape index (κ2) is 6.82. The van der Waals surface area contributed by atoms with E-state index in [-0.39, 0.29) is 5.75 Å². The zero-order chi connectivity index (χ0) is 17.9. The molecule has 26 heavy (non-hydrogen) atoms. The molecule has 0 amide bonds. The summed E-state index contributed by atoms with van der Waals surface area (Å²) in [6.45, 7) is 0. The minimum Gasteiger partial charge on any atom is -0.508 e. The standard InChI is InChI=1S/C21H16N2O3/c24-17-10-8-14(9-11-17)19-18(20(25)16-7-4-12-22-13-16)21(26-23-19)15-5-2-1-3-6-15/h1-13,20,24-25H. The van der Waals surface area contributed by atoms with Crippen LogP contribution < -0.4 is 0 Å². The second-order valence-corrected chi connectivity index (χ2v) is 5.88. The molecular weight excluding hydrogens is 328 g/mol. The summed E-state index contributed by atoms with van der Waals surface area (Å²) < 4.78 is 5.62. The molecule has 1 unspecified atom stereocenters. The number of hydrogen-bond donors (Lipinski definition) is 2. The van der Waals surface area contributed by atoms with Crippen molar-refractivity contribution in [1.29, 1.82) is 0 Å². The molecule has 2 aromatic carbocycles. The van der Waals surface area contributed by atoms with Crippen LogP contribution in [0.15, 0.2) is 83.6 Å². The van der Waals surface area contributed by atoms with Gasteiger partial charge in [-0.3, -0.25) is 4.98 Å². The fourth-order valence-corrected chi connectivity index (χ4v) is 2.88. The summed E-state index contributed by atoms with van der Waals surface area (Å²) in [6, 6.07) is 19.7. The van der Waals surface area contributed by atoms with E-state index in [4.69, 9.17) is 4.52 Å². The second-order valence-electron chi connectivity index (χ2n) is 5.88. The molecule has 128 valence electrons. The molecule has 0 saturated heterocycles. The molecule has 5 heteroatoms. The van der Waals surface area contributed by atoms with Crippen LogP contribution in [0, 0.1) is 0 Å². The predicted molar refractivity (Wildman–Crippen MR) is 97.3 cm³/mol. The van der Waals surface area contributed by atoms with Gasteiger partial charge in [-0.2, -0.15) is 0 Å². The molecule has 4 aromatic rings. The maximum Gasteiger partial charge on any atom is 0.173 e. The molecule has 2 aromatic heterocycles. The smallest absolute Gasteiger partial charge is 0.173 e. The molecule has 0 aliphatic heterocycles. The lowest BCUT2D eigenvalue weighted by molar-refractivity contribution is 0.220. The van der Waals surface area contributed by atoms with Crippen molar-refractivity contribution in [3.63, 3.8) is 0 Å². The van der Waals surface area contributed by atoms with Gasteiger partial charge in [-0.15, -0.1) is 0 Å². The summed E-state index contributed by atoms with van der Waals surface area (Å²) in [5, 5.41) is 24.8. The molecule has 0 spiro atoms. The highest BCUT2D eigenvalue weighted by molar-refractivity contribution is 5.74. The number of aromatic hydroxyl groups is 1. The Kier molecular flexibility index (Phi) is 4.21. The summed E-state index contributed by atoms with van der Waals surface area (Å²) in [6.07, 6.45) is 2.32. The predicted octanol–water partition coefficient (Wildman–Crippen LogP) is 4.19. The first-order valence-electron chi connectivity index (χ1n) is 8.16. The van der Waals surface area contributed by atoms with E-state index in [0.717, 1.165) is 11.1 Å². The van der Waals surface area contributed by atoms with Gasteiger partial charge in [0.25, 0.3) is 0 Å². The van der Waals surface area contributed by atoms with Crippen LogP contribution in [0.5, 0.6) is 5.75 Å². The number of benzene rings is 2. The number of pyridine rings is 1. The van der Waals surface area contributed by atoms with Crippen LogP contribution in [0.3, 0.4) is 0 Å². The van der Waals surface area contributed by atoms with Crippen molar-refractivity contribution < 1.29 is 14.7 Å². The van der Waals surface area contributed by atoms with Crippen LogP contribution in [-0.4, -0.2) is 20.4 Å². The molecule has 0 fully saturated rings. The molecule has 2 N–H and O–H groups in total. The Morgan fingerprint density at radius 1 is 0.846 bits per heavy atom. The summed E-state index contributed by atoms with van der Waals surface area (Å²) in [4.78, 5) is 4.09. The Balaban J connectivity index is 1.90. The number of phenols is 1. The van der Waals surface area contributed by atoms with Crippen LogP contribution in [0.1, 0.15) is 17.2 Å². The van der Waals surface area contributed by atoms with Crippen molar-refractivity contribution in [2.75, 3.05) is 0 Å². The van der Waals surface area contributed by atoms with E-state index >= 15 is 0 Å². The molecule has 0 saturated carbocycles. The number of aromatic nitrogens is 2. The molecule has 0 radical (unpaired) electrons. The van der Waals surface area contributed by atoms with Crippen molar-refractivity contribution in [2.45, 2.75) is 6.10 Å². The van der Waals surface area contributed by atoms with E-state index in [2.05, 4.69) is 10.1 Å². The number of phenolic OH excluding ortho intramolecular Hbond substituents is 1. The van der Waals surface area contributed by atoms with E-state index in [0.29, 0.717) is 22.6 Å². The number of aliphatic hydroxyl groups is 1. The van der Waals surface area contributed by atoms with Gasteiger partial charge in [-0.05, 0) is 30.3 Å². The van der Waals surface area contributed by atoms with E-state index in [1.54, 1.807) is 48.8 Å². The Morgan fingerprint density at radius 2 is 1.62 bits per heavy atom. The highest BCUT2D eigenvalue weighted by Gasteiger charge is 2.26. The highest BCUT2D eigenvalue weighted by Crippen LogP contribution is 2.39. The van der Waals surface area contributed by atoms with Crippen molar-refractivity contribution in [3.05, 3.63) is 90.3 Å². The third-order valence-corrected chi connectivity index (χ3v) is 4.18. The monoisotopic (exact) mass is 344 g/mol. The lowest BCUT2D eigenvalue weighted by Gasteiger charge is -2.12. The van der Waals surface area contributed by atoms with Crippen LogP contribution in [0.4, 0.5) is 0 Å². The normalized spacial score (nSPS) is 12.0. The van der Waals surface area contributed by atoms with Crippen LogP contribution in [0.25, 0.3) is 22.6 Å². The average molecular weight is 344 g/mol. The maximum absolute atomic E-state index is 11.0. The summed E-state index contributed by atoms with van der Waals surface area (Å²) >= 11 is 0. The van der Waals surface area contributed by atoms with Crippen molar-refractivity contribution >= 4 is 0 Å².